The zero-order valence-electron chi connectivity index (χ0n) is 10.4. The van der Waals surface area contributed by atoms with Crippen molar-refractivity contribution in [1.29, 1.82) is 0 Å². The number of hydrogen-bond acceptors (Lipinski definition) is 2. The molecule has 1 aromatic carbocycles. The molecule has 4 nitrogen and oxygen atoms in total. The number of halogens is 1. The maximum absolute atomic E-state index is 13.6. The summed E-state index contributed by atoms with van der Waals surface area (Å²) in [4.78, 5) is 19.3. The first kappa shape index (κ1) is 13.9. The van der Waals surface area contributed by atoms with E-state index in [1.807, 2.05) is 0 Å². The molecule has 2 N–H and O–H groups in total. The summed E-state index contributed by atoms with van der Waals surface area (Å²) in [5.41, 5.74) is 0.984. The van der Waals surface area contributed by atoms with E-state index >= 15 is 0 Å². The van der Waals surface area contributed by atoms with Gasteiger partial charge in [0.1, 0.15) is 5.82 Å². The number of carbonyl (C=O) groups excluding carboxylic acids is 1. The van der Waals surface area contributed by atoms with E-state index in [1.54, 1.807) is 0 Å². The van der Waals surface area contributed by atoms with Gasteiger partial charge in [0.25, 0.3) is 5.91 Å². The molecule has 20 heavy (non-hydrogen) atoms. The summed E-state index contributed by atoms with van der Waals surface area (Å²) in [6.07, 6.45) is 10.4. The van der Waals surface area contributed by atoms with Crippen LogP contribution in [0.3, 0.4) is 0 Å². The van der Waals surface area contributed by atoms with Crippen LogP contribution in [0.5, 0.6) is 0 Å². The van der Waals surface area contributed by atoms with E-state index in [9.17, 15) is 9.18 Å². The van der Waals surface area contributed by atoms with Gasteiger partial charge in [-0.05, 0) is 24.4 Å². The van der Waals surface area contributed by atoms with Gasteiger partial charge in [-0.1, -0.05) is 11.8 Å². The minimum Gasteiger partial charge on any atom is -0.331 e. The zero-order chi connectivity index (χ0) is 14.7. The number of benzene rings is 1. The van der Waals surface area contributed by atoms with Crippen LogP contribution in [-0.2, 0) is 0 Å². The van der Waals surface area contributed by atoms with Crippen molar-refractivity contribution in [3.8, 4) is 24.7 Å². The molecule has 1 aromatic heterocycles. The molecule has 0 radical (unpaired) electrons. The zero-order valence-corrected chi connectivity index (χ0v) is 11.2. The van der Waals surface area contributed by atoms with Crippen molar-refractivity contribution in [1.82, 2.24) is 14.9 Å². The van der Waals surface area contributed by atoms with E-state index in [0.717, 1.165) is 6.07 Å². The Kier molecular flexibility index (Phi) is 3.88. The SMILES string of the molecule is C#CCN(CC#C)C(=O)c1cc(F)cc2[nH]c(=S)[nH]c12. The van der Waals surface area contributed by atoms with Crippen molar-refractivity contribution >= 4 is 29.2 Å². The van der Waals surface area contributed by atoms with Crippen molar-refractivity contribution in [2.75, 3.05) is 13.1 Å². The molecule has 2 rings (SSSR count). The summed E-state index contributed by atoms with van der Waals surface area (Å²) in [6.45, 7) is 0.0956. The van der Waals surface area contributed by atoms with E-state index in [0.29, 0.717) is 15.8 Å². The van der Waals surface area contributed by atoms with Crippen LogP contribution < -0.4 is 0 Å². The number of aromatic nitrogens is 2. The first-order valence-corrected chi connectivity index (χ1v) is 6.05. The molecule has 1 amide bonds. The number of hydrogen-bond donors (Lipinski definition) is 2. The summed E-state index contributed by atoms with van der Waals surface area (Å²) in [6, 6.07) is 2.38. The fourth-order valence-corrected chi connectivity index (χ4v) is 2.08. The van der Waals surface area contributed by atoms with Crippen molar-refractivity contribution < 1.29 is 9.18 Å². The Balaban J connectivity index is 2.56. The third-order valence-electron chi connectivity index (χ3n) is 2.67. The van der Waals surface area contributed by atoms with E-state index in [-0.39, 0.29) is 18.7 Å². The molecule has 0 aliphatic carbocycles. The number of aromatic amines is 2. The van der Waals surface area contributed by atoms with Crippen LogP contribution in [0.15, 0.2) is 12.1 Å². The number of fused-ring (bicyclic) bond motifs is 1. The number of rotatable bonds is 3. The van der Waals surface area contributed by atoms with E-state index < -0.39 is 11.7 Å². The maximum Gasteiger partial charge on any atom is 0.257 e. The Morgan fingerprint density at radius 1 is 1.30 bits per heavy atom. The van der Waals surface area contributed by atoms with Gasteiger partial charge in [0.05, 0.1) is 29.7 Å². The summed E-state index contributed by atoms with van der Waals surface area (Å²) in [5.74, 6) is 3.70. The van der Waals surface area contributed by atoms with Gasteiger partial charge < -0.3 is 14.9 Å². The number of amides is 1. The second-order valence-electron chi connectivity index (χ2n) is 4.02. The molecule has 0 spiro atoms. The smallest absolute Gasteiger partial charge is 0.257 e. The molecular weight excluding hydrogens is 277 g/mol. The number of nitrogens with one attached hydrogen (secondary N) is 2. The molecule has 0 fully saturated rings. The molecule has 6 heteroatoms. The van der Waals surface area contributed by atoms with Gasteiger partial charge in [-0.25, -0.2) is 4.39 Å². The molecule has 2 aromatic rings. The normalized spacial score (nSPS) is 9.95. The van der Waals surface area contributed by atoms with E-state index in [1.165, 1.54) is 11.0 Å². The first-order chi connectivity index (χ1) is 9.56. The highest BCUT2D eigenvalue weighted by Gasteiger charge is 2.19. The van der Waals surface area contributed by atoms with Crippen LogP contribution in [0.4, 0.5) is 4.39 Å². The van der Waals surface area contributed by atoms with Gasteiger partial charge in [0.15, 0.2) is 4.77 Å². The molecule has 0 aliphatic heterocycles. The number of carbonyl (C=O) groups is 1. The van der Waals surface area contributed by atoms with Gasteiger partial charge in [-0.15, -0.1) is 12.8 Å². The van der Waals surface area contributed by atoms with E-state index in [4.69, 9.17) is 25.1 Å². The topological polar surface area (TPSA) is 51.9 Å². The molecule has 100 valence electrons. The third-order valence-corrected chi connectivity index (χ3v) is 2.88. The van der Waals surface area contributed by atoms with Crippen LogP contribution in [0.25, 0.3) is 11.0 Å². The predicted molar refractivity (Wildman–Crippen MR) is 77.0 cm³/mol. The molecule has 0 bridgehead atoms. The molecule has 0 saturated heterocycles. The fraction of sp³-hybridized carbons (Fsp3) is 0.143. The summed E-state index contributed by atoms with van der Waals surface area (Å²) >= 11 is 4.95. The maximum atomic E-state index is 13.6. The summed E-state index contributed by atoms with van der Waals surface area (Å²) in [7, 11) is 0. The molecule has 0 aliphatic rings. The Morgan fingerprint density at radius 2 is 1.95 bits per heavy atom. The standard InChI is InChI=1S/C14H10FN3OS/c1-3-5-18(6-4-2)13(19)10-7-9(15)8-11-12(10)17-14(20)16-11/h1-2,7-8H,5-6H2,(H2,16,17,20). The van der Waals surface area contributed by atoms with Gasteiger partial charge in [0.2, 0.25) is 0 Å². The number of H-pyrrole nitrogens is 2. The monoisotopic (exact) mass is 287 g/mol. The lowest BCUT2D eigenvalue weighted by atomic mass is 10.1. The van der Waals surface area contributed by atoms with Crippen LogP contribution in [0, 0.1) is 35.3 Å². The number of nitrogens with zero attached hydrogens (tertiary/aromatic N) is 1. The van der Waals surface area contributed by atoms with Crippen LogP contribution in [0.1, 0.15) is 10.4 Å². The first-order valence-electron chi connectivity index (χ1n) is 5.64. The van der Waals surface area contributed by atoms with Gasteiger partial charge in [-0.3, -0.25) is 4.79 Å². The Hall–Kier alpha value is -2.57. The Labute approximate surface area is 120 Å². The van der Waals surface area contributed by atoms with Crippen LogP contribution in [-0.4, -0.2) is 33.9 Å². The average Bonchev–Trinajstić information content (AvgIpc) is 2.76. The highest BCUT2D eigenvalue weighted by atomic mass is 32.1. The molecule has 0 atom stereocenters. The van der Waals surface area contributed by atoms with Crippen LogP contribution >= 0.6 is 12.2 Å². The minimum absolute atomic E-state index is 0.0478. The lowest BCUT2D eigenvalue weighted by molar-refractivity contribution is 0.0797. The van der Waals surface area contributed by atoms with Crippen LogP contribution in [0.2, 0.25) is 0 Å². The fourth-order valence-electron chi connectivity index (χ4n) is 1.87. The molecule has 0 saturated carbocycles. The summed E-state index contributed by atoms with van der Waals surface area (Å²) < 4.78 is 13.9. The minimum atomic E-state index is -0.549. The second-order valence-corrected chi connectivity index (χ2v) is 4.43. The molecule has 0 unspecified atom stereocenters. The van der Waals surface area contributed by atoms with Crippen molar-refractivity contribution in [3.05, 3.63) is 28.3 Å². The van der Waals surface area contributed by atoms with Crippen molar-refractivity contribution in [3.63, 3.8) is 0 Å². The van der Waals surface area contributed by atoms with Crippen molar-refractivity contribution in [2.45, 2.75) is 0 Å². The predicted octanol–water partition coefficient (Wildman–Crippen LogP) is 2.07. The lowest BCUT2D eigenvalue weighted by Gasteiger charge is -2.17. The third kappa shape index (κ3) is 2.56. The Bertz CT molecular complexity index is 790. The van der Waals surface area contributed by atoms with Gasteiger partial charge >= 0.3 is 0 Å². The average molecular weight is 287 g/mol. The Morgan fingerprint density at radius 3 is 2.55 bits per heavy atom. The van der Waals surface area contributed by atoms with Gasteiger partial charge in [-0.2, -0.15) is 0 Å². The lowest BCUT2D eigenvalue weighted by Crippen LogP contribution is -2.32. The quantitative estimate of drug-likeness (QED) is 0.671. The molecule has 1 heterocycles. The highest BCUT2D eigenvalue weighted by molar-refractivity contribution is 7.71. The second kappa shape index (κ2) is 5.60. The summed E-state index contributed by atoms with van der Waals surface area (Å²) in [5, 5.41) is 0. The van der Waals surface area contributed by atoms with E-state index in [2.05, 4.69) is 21.8 Å². The largest absolute Gasteiger partial charge is 0.331 e. The number of imidazole rings is 1. The van der Waals surface area contributed by atoms with Crippen molar-refractivity contribution in [2.24, 2.45) is 0 Å². The number of terminal acetylenes is 2. The van der Waals surface area contributed by atoms with Gasteiger partial charge in [0, 0.05) is 0 Å². The highest BCUT2D eigenvalue weighted by Crippen LogP contribution is 2.19. The molecular formula is C14H10FN3OS.